The summed E-state index contributed by atoms with van der Waals surface area (Å²) in [6, 6.07) is 5.16. The SMILES string of the molecule is CCCC(C)(N)C(=O)NCc1ccc(OCC(N)=O)c(OC)c1. The number of benzene rings is 1. The summed E-state index contributed by atoms with van der Waals surface area (Å²) in [6.45, 7) is 3.79. The van der Waals surface area contributed by atoms with Crippen molar-refractivity contribution in [1.29, 1.82) is 0 Å². The highest BCUT2D eigenvalue weighted by Crippen LogP contribution is 2.28. The minimum atomic E-state index is -0.886. The highest BCUT2D eigenvalue weighted by atomic mass is 16.5. The van der Waals surface area contributed by atoms with Crippen LogP contribution in [0.25, 0.3) is 0 Å². The molecule has 0 saturated heterocycles. The van der Waals surface area contributed by atoms with Gasteiger partial charge < -0.3 is 26.3 Å². The fourth-order valence-electron chi connectivity index (χ4n) is 2.11. The van der Waals surface area contributed by atoms with E-state index in [4.69, 9.17) is 20.9 Å². The van der Waals surface area contributed by atoms with Crippen LogP contribution >= 0.6 is 0 Å². The highest BCUT2D eigenvalue weighted by Gasteiger charge is 2.26. The largest absolute Gasteiger partial charge is 0.493 e. The molecule has 1 aromatic carbocycles. The summed E-state index contributed by atoms with van der Waals surface area (Å²) in [5, 5.41) is 2.81. The lowest BCUT2D eigenvalue weighted by atomic mass is 9.96. The summed E-state index contributed by atoms with van der Waals surface area (Å²) < 4.78 is 10.5. The van der Waals surface area contributed by atoms with Crippen LogP contribution < -0.4 is 26.3 Å². The minimum absolute atomic E-state index is 0.202. The van der Waals surface area contributed by atoms with Crippen LogP contribution in [0.5, 0.6) is 11.5 Å². The van der Waals surface area contributed by atoms with Crippen molar-refractivity contribution in [1.82, 2.24) is 5.32 Å². The van der Waals surface area contributed by atoms with Crippen molar-refractivity contribution < 1.29 is 19.1 Å². The number of carbonyl (C=O) groups is 2. The fraction of sp³-hybridized carbons (Fsp3) is 0.500. The normalized spacial score (nSPS) is 13.0. The van der Waals surface area contributed by atoms with E-state index in [0.717, 1.165) is 12.0 Å². The minimum Gasteiger partial charge on any atom is -0.493 e. The molecule has 1 atom stereocenters. The Morgan fingerprint density at radius 1 is 1.30 bits per heavy atom. The van der Waals surface area contributed by atoms with Crippen molar-refractivity contribution in [3.05, 3.63) is 23.8 Å². The fourth-order valence-corrected chi connectivity index (χ4v) is 2.11. The molecule has 128 valence electrons. The van der Waals surface area contributed by atoms with Crippen molar-refractivity contribution in [2.24, 2.45) is 11.5 Å². The van der Waals surface area contributed by atoms with Gasteiger partial charge in [-0.15, -0.1) is 0 Å². The van der Waals surface area contributed by atoms with Crippen LogP contribution in [-0.4, -0.2) is 31.1 Å². The van der Waals surface area contributed by atoms with Gasteiger partial charge >= 0.3 is 0 Å². The molecule has 0 fully saturated rings. The summed E-state index contributed by atoms with van der Waals surface area (Å²) in [6.07, 6.45) is 1.45. The maximum atomic E-state index is 12.1. The smallest absolute Gasteiger partial charge is 0.255 e. The zero-order valence-corrected chi connectivity index (χ0v) is 13.8. The predicted octanol–water partition coefficient (Wildman–Crippen LogP) is 0.693. The van der Waals surface area contributed by atoms with Gasteiger partial charge in [0, 0.05) is 6.54 Å². The van der Waals surface area contributed by atoms with Gasteiger partial charge in [0.25, 0.3) is 5.91 Å². The van der Waals surface area contributed by atoms with Gasteiger partial charge in [-0.05, 0) is 31.0 Å². The molecule has 0 heterocycles. The van der Waals surface area contributed by atoms with E-state index in [1.807, 2.05) is 6.92 Å². The molecule has 1 aromatic rings. The van der Waals surface area contributed by atoms with E-state index in [1.54, 1.807) is 25.1 Å². The molecule has 0 saturated carbocycles. The van der Waals surface area contributed by atoms with Crippen LogP contribution in [-0.2, 0) is 16.1 Å². The van der Waals surface area contributed by atoms with Crippen LogP contribution in [0.3, 0.4) is 0 Å². The van der Waals surface area contributed by atoms with Crippen LogP contribution in [0.1, 0.15) is 32.3 Å². The predicted molar refractivity (Wildman–Crippen MR) is 87.0 cm³/mol. The average Bonchev–Trinajstić information content (AvgIpc) is 2.50. The van der Waals surface area contributed by atoms with E-state index < -0.39 is 11.4 Å². The maximum absolute atomic E-state index is 12.1. The second-order valence-corrected chi connectivity index (χ2v) is 5.59. The Balaban J connectivity index is 2.71. The first-order chi connectivity index (χ1) is 10.8. The Labute approximate surface area is 136 Å². The molecule has 7 heteroatoms. The molecule has 0 aliphatic carbocycles. The lowest BCUT2D eigenvalue weighted by Gasteiger charge is -2.23. The van der Waals surface area contributed by atoms with Gasteiger partial charge in [-0.2, -0.15) is 0 Å². The van der Waals surface area contributed by atoms with Gasteiger partial charge in [0.1, 0.15) is 0 Å². The van der Waals surface area contributed by atoms with Crippen LogP contribution in [0.4, 0.5) is 0 Å². The quantitative estimate of drug-likeness (QED) is 0.618. The Hall–Kier alpha value is -2.28. The molecule has 0 bridgehead atoms. The topological polar surface area (TPSA) is 117 Å². The van der Waals surface area contributed by atoms with Crippen LogP contribution in [0, 0.1) is 0 Å². The molecule has 0 spiro atoms. The number of methoxy groups -OCH3 is 1. The number of rotatable bonds is 9. The highest BCUT2D eigenvalue weighted by molar-refractivity contribution is 5.85. The molecule has 23 heavy (non-hydrogen) atoms. The number of nitrogens with two attached hydrogens (primary N) is 2. The third-order valence-electron chi connectivity index (χ3n) is 3.34. The third kappa shape index (κ3) is 5.78. The number of hydrogen-bond acceptors (Lipinski definition) is 5. The monoisotopic (exact) mass is 323 g/mol. The van der Waals surface area contributed by atoms with E-state index in [0.29, 0.717) is 24.5 Å². The number of primary amides is 1. The molecule has 0 radical (unpaired) electrons. The number of hydrogen-bond donors (Lipinski definition) is 3. The van der Waals surface area contributed by atoms with Crippen molar-refractivity contribution in [2.75, 3.05) is 13.7 Å². The van der Waals surface area contributed by atoms with Gasteiger partial charge in [-0.1, -0.05) is 19.4 Å². The first kappa shape index (κ1) is 18.8. The summed E-state index contributed by atoms with van der Waals surface area (Å²) in [4.78, 5) is 22.8. The molecule has 0 aliphatic heterocycles. The van der Waals surface area contributed by atoms with E-state index in [2.05, 4.69) is 5.32 Å². The van der Waals surface area contributed by atoms with E-state index in [9.17, 15) is 9.59 Å². The molecule has 1 unspecified atom stereocenters. The molecule has 1 rings (SSSR count). The number of carbonyl (C=O) groups excluding carboxylic acids is 2. The average molecular weight is 323 g/mol. The van der Waals surface area contributed by atoms with Gasteiger partial charge in [0.2, 0.25) is 5.91 Å². The van der Waals surface area contributed by atoms with Crippen LogP contribution in [0.15, 0.2) is 18.2 Å². The van der Waals surface area contributed by atoms with Gasteiger partial charge in [0.05, 0.1) is 12.6 Å². The van der Waals surface area contributed by atoms with Crippen molar-refractivity contribution in [3.63, 3.8) is 0 Å². The maximum Gasteiger partial charge on any atom is 0.255 e. The van der Waals surface area contributed by atoms with E-state index >= 15 is 0 Å². The first-order valence-corrected chi connectivity index (χ1v) is 7.45. The number of nitrogens with one attached hydrogen (secondary N) is 1. The lowest BCUT2D eigenvalue weighted by molar-refractivity contribution is -0.126. The molecular weight excluding hydrogens is 298 g/mol. The van der Waals surface area contributed by atoms with Crippen molar-refractivity contribution >= 4 is 11.8 Å². The summed E-state index contributed by atoms with van der Waals surface area (Å²) in [7, 11) is 1.49. The second kappa shape index (κ2) is 8.38. The van der Waals surface area contributed by atoms with Gasteiger partial charge in [-0.25, -0.2) is 0 Å². The first-order valence-electron chi connectivity index (χ1n) is 7.45. The standard InChI is InChI=1S/C16H25N3O4/c1-4-7-16(2,18)15(21)19-9-11-5-6-12(13(8-11)22-3)23-10-14(17)20/h5-6,8H,4,7,9-10,18H2,1-3H3,(H2,17,20)(H,19,21). The van der Waals surface area contributed by atoms with E-state index in [-0.39, 0.29) is 12.5 Å². The molecule has 0 aliphatic rings. The zero-order chi connectivity index (χ0) is 17.5. The molecule has 5 N–H and O–H groups in total. The summed E-state index contributed by atoms with van der Waals surface area (Å²) >= 11 is 0. The van der Waals surface area contributed by atoms with Crippen molar-refractivity contribution in [2.45, 2.75) is 38.8 Å². The molecular formula is C16H25N3O4. The molecule has 7 nitrogen and oxygen atoms in total. The van der Waals surface area contributed by atoms with Gasteiger partial charge in [-0.3, -0.25) is 9.59 Å². The van der Waals surface area contributed by atoms with Gasteiger partial charge in [0.15, 0.2) is 18.1 Å². The number of amides is 2. The molecule has 0 aromatic heterocycles. The summed E-state index contributed by atoms with van der Waals surface area (Å²) in [5.74, 6) is 0.104. The summed E-state index contributed by atoms with van der Waals surface area (Å²) in [5.41, 5.74) is 11.0. The zero-order valence-electron chi connectivity index (χ0n) is 13.8. The molecule has 2 amide bonds. The Kier molecular flexibility index (Phi) is 6.84. The third-order valence-corrected chi connectivity index (χ3v) is 3.34. The van der Waals surface area contributed by atoms with E-state index in [1.165, 1.54) is 7.11 Å². The number of ether oxygens (including phenoxy) is 2. The van der Waals surface area contributed by atoms with Crippen LogP contribution in [0.2, 0.25) is 0 Å². The lowest BCUT2D eigenvalue weighted by Crippen LogP contribution is -2.51. The Bertz CT molecular complexity index is 558. The second-order valence-electron chi connectivity index (χ2n) is 5.59. The Morgan fingerprint density at radius 3 is 2.57 bits per heavy atom. The van der Waals surface area contributed by atoms with Crippen molar-refractivity contribution in [3.8, 4) is 11.5 Å². The Morgan fingerprint density at radius 2 is 2.00 bits per heavy atom.